The molecule has 0 aromatic rings. The minimum Gasteiger partial charge on any atom is -0.317 e. The van der Waals surface area contributed by atoms with Crippen molar-refractivity contribution in [3.8, 4) is 0 Å². The predicted molar refractivity (Wildman–Crippen MR) is 99.8 cm³/mol. The number of nitrogens with zero attached hydrogens (tertiary/aromatic N) is 2. The zero-order chi connectivity index (χ0) is 16.5. The minimum atomic E-state index is 1.18. The lowest BCUT2D eigenvalue weighted by molar-refractivity contribution is 0.391. The highest BCUT2D eigenvalue weighted by atomic mass is 15.0. The maximum Gasteiger partial charge on any atom is -0.00244 e. The van der Waals surface area contributed by atoms with Crippen LogP contribution < -0.4 is 10.6 Å². The third-order valence-corrected chi connectivity index (χ3v) is 3.87. The Kier molecular flexibility index (Phi) is 17.1. The molecular formula is C18H42N4. The summed E-state index contributed by atoms with van der Waals surface area (Å²) in [4.78, 5) is 4.52. The van der Waals surface area contributed by atoms with E-state index < -0.39 is 0 Å². The van der Waals surface area contributed by atoms with Crippen molar-refractivity contribution in [3.63, 3.8) is 0 Å². The van der Waals surface area contributed by atoms with Gasteiger partial charge in [-0.2, -0.15) is 0 Å². The molecule has 0 atom stereocenters. The van der Waals surface area contributed by atoms with Crippen LogP contribution in [0.4, 0.5) is 0 Å². The molecule has 0 aliphatic carbocycles. The third-order valence-electron chi connectivity index (χ3n) is 3.87. The molecule has 134 valence electrons. The van der Waals surface area contributed by atoms with Crippen LogP contribution in [0, 0.1) is 0 Å². The van der Waals surface area contributed by atoms with Crippen molar-refractivity contribution in [1.29, 1.82) is 0 Å². The van der Waals surface area contributed by atoms with Gasteiger partial charge in [0.25, 0.3) is 0 Å². The molecule has 22 heavy (non-hydrogen) atoms. The SMILES string of the molecule is CN(C)CCCCNCCCCCCNCCCCN(C)C. The first kappa shape index (κ1) is 21.8. The van der Waals surface area contributed by atoms with Gasteiger partial charge in [-0.3, -0.25) is 0 Å². The monoisotopic (exact) mass is 314 g/mol. The molecule has 4 nitrogen and oxygen atoms in total. The summed E-state index contributed by atoms with van der Waals surface area (Å²) in [5, 5.41) is 7.11. The predicted octanol–water partition coefficient (Wildman–Crippen LogP) is 2.41. The van der Waals surface area contributed by atoms with E-state index in [1.807, 2.05) is 0 Å². The van der Waals surface area contributed by atoms with E-state index in [4.69, 9.17) is 0 Å². The Labute approximate surface area is 140 Å². The zero-order valence-electron chi connectivity index (χ0n) is 15.8. The lowest BCUT2D eigenvalue weighted by atomic mass is 10.2. The van der Waals surface area contributed by atoms with Crippen LogP contribution in [0.2, 0.25) is 0 Å². The Morgan fingerprint density at radius 1 is 0.455 bits per heavy atom. The molecule has 2 N–H and O–H groups in total. The smallest absolute Gasteiger partial charge is 0.00244 e. The third kappa shape index (κ3) is 19.8. The fraction of sp³-hybridized carbons (Fsp3) is 1.00. The zero-order valence-corrected chi connectivity index (χ0v) is 15.8. The molecule has 0 radical (unpaired) electrons. The van der Waals surface area contributed by atoms with Gasteiger partial charge >= 0.3 is 0 Å². The molecule has 0 aliphatic rings. The van der Waals surface area contributed by atoms with Crippen LogP contribution in [-0.4, -0.2) is 77.3 Å². The Morgan fingerprint density at radius 3 is 1.09 bits per heavy atom. The quantitative estimate of drug-likeness (QED) is 0.404. The van der Waals surface area contributed by atoms with Crippen LogP contribution in [0.1, 0.15) is 51.4 Å². The van der Waals surface area contributed by atoms with E-state index in [2.05, 4.69) is 48.6 Å². The highest BCUT2D eigenvalue weighted by Gasteiger charge is 1.94. The van der Waals surface area contributed by atoms with Gasteiger partial charge in [0.1, 0.15) is 0 Å². The molecule has 0 heterocycles. The van der Waals surface area contributed by atoms with Crippen LogP contribution >= 0.6 is 0 Å². The summed E-state index contributed by atoms with van der Waals surface area (Å²) in [6.45, 7) is 7.18. The summed E-state index contributed by atoms with van der Waals surface area (Å²) in [7, 11) is 8.58. The number of unbranched alkanes of at least 4 members (excludes halogenated alkanes) is 5. The summed E-state index contributed by atoms with van der Waals surface area (Å²) >= 11 is 0. The second-order valence-corrected chi connectivity index (χ2v) is 6.93. The lowest BCUT2D eigenvalue weighted by Gasteiger charge is -2.10. The van der Waals surface area contributed by atoms with Crippen molar-refractivity contribution >= 4 is 0 Å². The van der Waals surface area contributed by atoms with Crippen molar-refractivity contribution in [2.45, 2.75) is 51.4 Å². The number of hydrogen-bond acceptors (Lipinski definition) is 4. The Morgan fingerprint density at radius 2 is 0.773 bits per heavy atom. The van der Waals surface area contributed by atoms with Crippen molar-refractivity contribution in [1.82, 2.24) is 20.4 Å². The van der Waals surface area contributed by atoms with Gasteiger partial charge in [-0.15, -0.1) is 0 Å². The van der Waals surface area contributed by atoms with Crippen LogP contribution in [-0.2, 0) is 0 Å². The molecule has 0 bridgehead atoms. The van der Waals surface area contributed by atoms with Crippen molar-refractivity contribution in [2.75, 3.05) is 67.5 Å². The van der Waals surface area contributed by atoms with E-state index in [-0.39, 0.29) is 0 Å². The first-order valence-corrected chi connectivity index (χ1v) is 9.34. The van der Waals surface area contributed by atoms with Crippen LogP contribution in [0.5, 0.6) is 0 Å². The van der Waals surface area contributed by atoms with E-state index in [0.717, 1.165) is 0 Å². The molecule has 0 aromatic carbocycles. The average Bonchev–Trinajstić information content (AvgIpc) is 2.46. The number of rotatable bonds is 17. The molecule has 0 rings (SSSR count). The van der Waals surface area contributed by atoms with Crippen LogP contribution in [0.3, 0.4) is 0 Å². The molecule has 0 spiro atoms. The Balaban J connectivity index is 2.97. The normalized spacial score (nSPS) is 11.7. The summed E-state index contributed by atoms with van der Waals surface area (Å²) in [6, 6.07) is 0. The summed E-state index contributed by atoms with van der Waals surface area (Å²) in [5.41, 5.74) is 0. The van der Waals surface area contributed by atoms with E-state index in [0.29, 0.717) is 0 Å². The molecule has 0 unspecified atom stereocenters. The largest absolute Gasteiger partial charge is 0.317 e. The van der Waals surface area contributed by atoms with Crippen molar-refractivity contribution in [3.05, 3.63) is 0 Å². The summed E-state index contributed by atoms with van der Waals surface area (Å²) in [6.07, 6.45) is 10.6. The van der Waals surface area contributed by atoms with Gasteiger partial charge in [0.15, 0.2) is 0 Å². The van der Waals surface area contributed by atoms with E-state index in [1.165, 1.54) is 90.6 Å². The Hall–Kier alpha value is -0.160. The van der Waals surface area contributed by atoms with E-state index in [9.17, 15) is 0 Å². The fourth-order valence-corrected chi connectivity index (χ4v) is 2.46. The molecular weight excluding hydrogens is 272 g/mol. The van der Waals surface area contributed by atoms with Gasteiger partial charge in [-0.1, -0.05) is 12.8 Å². The topological polar surface area (TPSA) is 30.5 Å². The van der Waals surface area contributed by atoms with Gasteiger partial charge in [0.2, 0.25) is 0 Å². The van der Waals surface area contributed by atoms with Crippen molar-refractivity contribution in [2.24, 2.45) is 0 Å². The number of hydrogen-bond donors (Lipinski definition) is 2. The van der Waals surface area contributed by atoms with E-state index >= 15 is 0 Å². The highest BCUT2D eigenvalue weighted by molar-refractivity contribution is 4.54. The first-order valence-electron chi connectivity index (χ1n) is 9.34. The van der Waals surface area contributed by atoms with Gasteiger partial charge in [0, 0.05) is 0 Å². The molecule has 0 saturated carbocycles. The molecule has 0 amide bonds. The van der Waals surface area contributed by atoms with Gasteiger partial charge < -0.3 is 20.4 Å². The molecule has 0 saturated heterocycles. The molecule has 0 fully saturated rings. The molecule has 0 aliphatic heterocycles. The lowest BCUT2D eigenvalue weighted by Crippen LogP contribution is -2.20. The van der Waals surface area contributed by atoms with Crippen LogP contribution in [0.15, 0.2) is 0 Å². The van der Waals surface area contributed by atoms with Crippen LogP contribution in [0.25, 0.3) is 0 Å². The second-order valence-electron chi connectivity index (χ2n) is 6.93. The maximum absolute atomic E-state index is 3.56. The van der Waals surface area contributed by atoms with Gasteiger partial charge in [-0.05, 0) is 106 Å². The maximum atomic E-state index is 3.56. The van der Waals surface area contributed by atoms with Gasteiger partial charge in [0.05, 0.1) is 0 Å². The second kappa shape index (κ2) is 17.2. The standard InChI is InChI=1S/C18H42N4/c1-21(2)17-11-9-15-19-13-7-5-6-8-14-20-16-10-12-18-22(3)4/h19-20H,5-18H2,1-4H3. The molecule has 4 heteroatoms. The first-order chi connectivity index (χ1) is 10.6. The summed E-state index contributed by atoms with van der Waals surface area (Å²) < 4.78 is 0. The number of nitrogens with one attached hydrogen (secondary N) is 2. The van der Waals surface area contributed by atoms with Crippen molar-refractivity contribution < 1.29 is 0 Å². The molecule has 0 aromatic heterocycles. The minimum absolute atomic E-state index is 1.18. The highest BCUT2D eigenvalue weighted by Crippen LogP contribution is 1.98. The van der Waals surface area contributed by atoms with E-state index in [1.54, 1.807) is 0 Å². The Bertz CT molecular complexity index is 185. The van der Waals surface area contributed by atoms with Gasteiger partial charge in [-0.25, -0.2) is 0 Å². The summed E-state index contributed by atoms with van der Waals surface area (Å²) in [5.74, 6) is 0. The fourth-order valence-electron chi connectivity index (χ4n) is 2.46. The average molecular weight is 315 g/mol.